The molecule has 1 N–H and O–H groups in total. The zero-order valence-corrected chi connectivity index (χ0v) is 8.49. The monoisotopic (exact) mass is 181 g/mol. The highest BCUT2D eigenvalue weighted by Crippen LogP contribution is 2.06. The third-order valence-corrected chi connectivity index (χ3v) is 2.23. The molecule has 0 saturated heterocycles. The molecule has 0 aromatic heterocycles. The maximum atomic E-state index is 5.38. The molecule has 13 heavy (non-hydrogen) atoms. The standard InChI is InChI=1S/C11H19NO/c1-3-7-10(4-2)12-11-8-5-6-9-13-11/h5-6,8-12H,3-4,7H2,1-2H3. The molecule has 1 heterocycles. The van der Waals surface area contributed by atoms with Crippen LogP contribution in [0.15, 0.2) is 24.5 Å². The Labute approximate surface area is 80.7 Å². The summed E-state index contributed by atoms with van der Waals surface area (Å²) in [7, 11) is 0. The molecule has 1 rings (SSSR count). The first-order valence-corrected chi connectivity index (χ1v) is 5.11. The molecule has 0 bridgehead atoms. The smallest absolute Gasteiger partial charge is 0.169 e. The van der Waals surface area contributed by atoms with Gasteiger partial charge in [-0.25, -0.2) is 0 Å². The quantitative estimate of drug-likeness (QED) is 0.704. The first-order chi connectivity index (χ1) is 6.36. The van der Waals surface area contributed by atoms with E-state index in [1.54, 1.807) is 6.26 Å². The number of hydrogen-bond acceptors (Lipinski definition) is 2. The van der Waals surface area contributed by atoms with E-state index in [1.165, 1.54) is 12.8 Å². The van der Waals surface area contributed by atoms with Crippen molar-refractivity contribution < 1.29 is 4.74 Å². The van der Waals surface area contributed by atoms with Crippen LogP contribution in [0.1, 0.15) is 33.1 Å². The van der Waals surface area contributed by atoms with Crippen LogP contribution in [0.4, 0.5) is 0 Å². The fraction of sp³-hybridized carbons (Fsp3) is 0.636. The van der Waals surface area contributed by atoms with E-state index in [4.69, 9.17) is 4.74 Å². The molecule has 2 atom stereocenters. The number of rotatable bonds is 5. The molecule has 0 saturated carbocycles. The van der Waals surface area contributed by atoms with Crippen molar-refractivity contribution in [2.75, 3.05) is 0 Å². The Morgan fingerprint density at radius 2 is 2.23 bits per heavy atom. The van der Waals surface area contributed by atoms with Crippen molar-refractivity contribution in [3.8, 4) is 0 Å². The fourth-order valence-corrected chi connectivity index (χ4v) is 1.47. The third kappa shape index (κ3) is 3.64. The summed E-state index contributed by atoms with van der Waals surface area (Å²) in [5.41, 5.74) is 0. The minimum atomic E-state index is 0.0708. The van der Waals surface area contributed by atoms with Crippen LogP contribution in [0.25, 0.3) is 0 Å². The van der Waals surface area contributed by atoms with E-state index in [1.807, 2.05) is 18.2 Å². The maximum Gasteiger partial charge on any atom is 0.169 e. The first-order valence-electron chi connectivity index (χ1n) is 5.11. The van der Waals surface area contributed by atoms with Gasteiger partial charge < -0.3 is 4.74 Å². The minimum absolute atomic E-state index is 0.0708. The van der Waals surface area contributed by atoms with E-state index in [-0.39, 0.29) is 6.23 Å². The second-order valence-corrected chi connectivity index (χ2v) is 3.33. The van der Waals surface area contributed by atoms with Gasteiger partial charge in [-0.15, -0.1) is 0 Å². The Kier molecular flexibility index (Phi) is 4.61. The van der Waals surface area contributed by atoms with Crippen LogP contribution >= 0.6 is 0 Å². The lowest BCUT2D eigenvalue weighted by Crippen LogP contribution is -2.38. The summed E-state index contributed by atoms with van der Waals surface area (Å²) in [6.45, 7) is 4.41. The van der Waals surface area contributed by atoms with Crippen molar-refractivity contribution in [2.24, 2.45) is 0 Å². The number of allylic oxidation sites excluding steroid dienone is 2. The molecular weight excluding hydrogens is 162 g/mol. The van der Waals surface area contributed by atoms with Gasteiger partial charge in [0.05, 0.1) is 6.26 Å². The van der Waals surface area contributed by atoms with E-state index < -0.39 is 0 Å². The van der Waals surface area contributed by atoms with Crippen LogP contribution in [-0.2, 0) is 4.74 Å². The Hall–Kier alpha value is -0.760. The van der Waals surface area contributed by atoms with E-state index in [0.29, 0.717) is 6.04 Å². The molecule has 74 valence electrons. The second-order valence-electron chi connectivity index (χ2n) is 3.33. The van der Waals surface area contributed by atoms with Crippen LogP contribution in [0.5, 0.6) is 0 Å². The van der Waals surface area contributed by atoms with Crippen molar-refractivity contribution in [1.82, 2.24) is 5.32 Å². The molecule has 0 amide bonds. The van der Waals surface area contributed by atoms with Crippen molar-refractivity contribution in [3.05, 3.63) is 24.5 Å². The topological polar surface area (TPSA) is 21.3 Å². The van der Waals surface area contributed by atoms with E-state index in [9.17, 15) is 0 Å². The highest BCUT2D eigenvalue weighted by atomic mass is 16.5. The Bertz CT molecular complexity index is 187. The van der Waals surface area contributed by atoms with Crippen molar-refractivity contribution in [2.45, 2.75) is 45.4 Å². The van der Waals surface area contributed by atoms with Crippen LogP contribution in [0.2, 0.25) is 0 Å². The summed E-state index contributed by atoms with van der Waals surface area (Å²) in [4.78, 5) is 0. The van der Waals surface area contributed by atoms with Crippen LogP contribution in [0.3, 0.4) is 0 Å². The minimum Gasteiger partial charge on any atom is -0.479 e. The molecule has 2 unspecified atom stereocenters. The Morgan fingerprint density at radius 3 is 2.77 bits per heavy atom. The molecular formula is C11H19NO. The lowest BCUT2D eigenvalue weighted by Gasteiger charge is -2.23. The van der Waals surface area contributed by atoms with Gasteiger partial charge in [0.15, 0.2) is 6.23 Å². The highest BCUT2D eigenvalue weighted by Gasteiger charge is 2.11. The average Bonchev–Trinajstić information content (AvgIpc) is 2.19. The second kappa shape index (κ2) is 5.81. The predicted octanol–water partition coefficient (Wildman–Crippen LogP) is 2.58. The van der Waals surface area contributed by atoms with Crippen LogP contribution < -0.4 is 5.32 Å². The Morgan fingerprint density at radius 1 is 1.38 bits per heavy atom. The number of hydrogen-bond donors (Lipinski definition) is 1. The van der Waals surface area contributed by atoms with Crippen molar-refractivity contribution in [3.63, 3.8) is 0 Å². The molecule has 1 aliphatic rings. The molecule has 0 fully saturated rings. The predicted molar refractivity (Wildman–Crippen MR) is 55.3 cm³/mol. The van der Waals surface area contributed by atoms with E-state index in [0.717, 1.165) is 6.42 Å². The van der Waals surface area contributed by atoms with Gasteiger partial charge in [-0.3, -0.25) is 5.32 Å². The third-order valence-electron chi connectivity index (χ3n) is 2.23. The summed E-state index contributed by atoms with van der Waals surface area (Å²) < 4.78 is 5.38. The molecule has 0 aromatic rings. The van der Waals surface area contributed by atoms with E-state index in [2.05, 4.69) is 19.2 Å². The largest absolute Gasteiger partial charge is 0.479 e. The van der Waals surface area contributed by atoms with E-state index >= 15 is 0 Å². The van der Waals surface area contributed by atoms with Gasteiger partial charge in [0, 0.05) is 6.04 Å². The fourth-order valence-electron chi connectivity index (χ4n) is 1.47. The summed E-state index contributed by atoms with van der Waals surface area (Å²) in [6.07, 6.45) is 11.4. The summed E-state index contributed by atoms with van der Waals surface area (Å²) in [6, 6.07) is 0.575. The number of ether oxygens (including phenoxy) is 1. The zero-order valence-electron chi connectivity index (χ0n) is 8.49. The molecule has 0 spiro atoms. The molecule has 1 aliphatic heterocycles. The SMILES string of the molecule is CCCC(CC)NC1C=CC=CO1. The normalized spacial score (nSPS) is 22.8. The highest BCUT2D eigenvalue weighted by molar-refractivity contribution is 5.07. The van der Waals surface area contributed by atoms with Gasteiger partial charge >= 0.3 is 0 Å². The average molecular weight is 181 g/mol. The molecule has 0 aliphatic carbocycles. The molecule has 0 aromatic carbocycles. The van der Waals surface area contributed by atoms with Gasteiger partial charge in [-0.05, 0) is 25.0 Å². The first kappa shape index (κ1) is 10.3. The van der Waals surface area contributed by atoms with Crippen LogP contribution in [-0.4, -0.2) is 12.3 Å². The number of nitrogens with one attached hydrogen (secondary N) is 1. The van der Waals surface area contributed by atoms with Crippen LogP contribution in [0, 0.1) is 0 Å². The maximum absolute atomic E-state index is 5.38. The molecule has 2 heteroatoms. The lowest BCUT2D eigenvalue weighted by molar-refractivity contribution is 0.133. The van der Waals surface area contributed by atoms with Gasteiger partial charge in [-0.1, -0.05) is 26.3 Å². The zero-order chi connectivity index (χ0) is 9.52. The summed E-state index contributed by atoms with van der Waals surface area (Å²) >= 11 is 0. The van der Waals surface area contributed by atoms with Gasteiger partial charge in [0.25, 0.3) is 0 Å². The summed E-state index contributed by atoms with van der Waals surface area (Å²) in [5.74, 6) is 0. The van der Waals surface area contributed by atoms with Crippen molar-refractivity contribution in [1.29, 1.82) is 0 Å². The lowest BCUT2D eigenvalue weighted by atomic mass is 10.1. The van der Waals surface area contributed by atoms with Gasteiger partial charge in [0.2, 0.25) is 0 Å². The molecule has 0 radical (unpaired) electrons. The van der Waals surface area contributed by atoms with Gasteiger partial charge in [0.1, 0.15) is 0 Å². The van der Waals surface area contributed by atoms with Gasteiger partial charge in [-0.2, -0.15) is 0 Å². The molecule has 2 nitrogen and oxygen atoms in total. The summed E-state index contributed by atoms with van der Waals surface area (Å²) in [5, 5.41) is 3.45. The van der Waals surface area contributed by atoms with Crippen molar-refractivity contribution >= 4 is 0 Å². The Balaban J connectivity index is 2.28.